The van der Waals surface area contributed by atoms with Crippen LogP contribution in [0, 0.1) is 5.92 Å². The quantitative estimate of drug-likeness (QED) is 0.359. The number of carboxylic acids is 1. The van der Waals surface area contributed by atoms with Crippen LogP contribution in [-0.4, -0.2) is 44.3 Å². The first-order valence-corrected chi connectivity index (χ1v) is 12.0. The number of carbonyl (C=O) groups is 1. The lowest BCUT2D eigenvalue weighted by Gasteiger charge is -2.21. The number of halogens is 1. The van der Waals surface area contributed by atoms with Gasteiger partial charge in [-0.2, -0.15) is 4.98 Å². The van der Waals surface area contributed by atoms with Crippen molar-refractivity contribution in [3.63, 3.8) is 0 Å². The van der Waals surface area contributed by atoms with Gasteiger partial charge in [0.25, 0.3) is 0 Å². The number of rotatable bonds is 8. The van der Waals surface area contributed by atoms with E-state index in [0.717, 1.165) is 26.9 Å². The van der Waals surface area contributed by atoms with Gasteiger partial charge in [-0.1, -0.05) is 23.7 Å². The maximum atomic E-state index is 13.6. The fourth-order valence-corrected chi connectivity index (χ4v) is 3.99. The molecule has 4 rings (SSSR count). The maximum Gasteiger partial charge on any atom is 0.355 e. The Morgan fingerprint density at radius 2 is 1.76 bits per heavy atom. The molecule has 2 aromatic carbocycles. The number of hydrogen-bond acceptors (Lipinski definition) is 7. The molecule has 0 fully saturated rings. The van der Waals surface area contributed by atoms with Gasteiger partial charge in [0.05, 0.1) is 24.0 Å². The summed E-state index contributed by atoms with van der Waals surface area (Å²) in [5, 5.41) is 13.9. The molecule has 0 bridgehead atoms. The zero-order chi connectivity index (χ0) is 26.9. The molecule has 37 heavy (non-hydrogen) atoms. The van der Waals surface area contributed by atoms with Gasteiger partial charge in [0, 0.05) is 30.2 Å². The van der Waals surface area contributed by atoms with Gasteiger partial charge in [-0.05, 0) is 61.9 Å². The SMILES string of the molecule is C[C@@H](C(=O)O)[C@H](C)n1c(=O)nc(Nc2ccc3nc(N(C)C)ccc3c2)n(Cc2ccc(Cl)cc2)c1=O. The van der Waals surface area contributed by atoms with E-state index in [1.807, 2.05) is 43.3 Å². The first kappa shape index (κ1) is 25.9. The molecular weight excluding hydrogens is 496 g/mol. The molecule has 11 heteroatoms. The molecule has 0 radical (unpaired) electrons. The molecule has 0 amide bonds. The highest BCUT2D eigenvalue weighted by atomic mass is 35.5. The van der Waals surface area contributed by atoms with Gasteiger partial charge in [-0.3, -0.25) is 9.36 Å². The second-order valence-corrected chi connectivity index (χ2v) is 9.48. The van der Waals surface area contributed by atoms with Gasteiger partial charge >= 0.3 is 17.3 Å². The zero-order valence-electron chi connectivity index (χ0n) is 20.8. The number of hydrogen-bond donors (Lipinski definition) is 2. The summed E-state index contributed by atoms with van der Waals surface area (Å²) in [6.07, 6.45) is 0. The Hall–Kier alpha value is -4.18. The van der Waals surface area contributed by atoms with Crippen LogP contribution in [0.2, 0.25) is 5.02 Å². The monoisotopic (exact) mass is 522 g/mol. The molecule has 0 spiro atoms. The average Bonchev–Trinajstić information content (AvgIpc) is 2.86. The van der Waals surface area contributed by atoms with Gasteiger partial charge in [0.2, 0.25) is 5.95 Å². The van der Waals surface area contributed by atoms with Crippen LogP contribution in [0.4, 0.5) is 17.5 Å². The summed E-state index contributed by atoms with van der Waals surface area (Å²) in [6, 6.07) is 15.3. The van der Waals surface area contributed by atoms with E-state index in [1.165, 1.54) is 18.4 Å². The second kappa shape index (κ2) is 10.4. The van der Waals surface area contributed by atoms with Crippen molar-refractivity contribution in [1.82, 2.24) is 19.1 Å². The summed E-state index contributed by atoms with van der Waals surface area (Å²) in [6.45, 7) is 3.04. The molecular formula is C26H27ClN6O4. The molecule has 2 atom stereocenters. The third-order valence-electron chi connectivity index (χ3n) is 6.26. The largest absolute Gasteiger partial charge is 0.481 e. The van der Waals surface area contributed by atoms with E-state index >= 15 is 0 Å². The van der Waals surface area contributed by atoms with E-state index < -0.39 is 29.3 Å². The highest BCUT2D eigenvalue weighted by molar-refractivity contribution is 6.30. The Morgan fingerprint density at radius 3 is 2.41 bits per heavy atom. The van der Waals surface area contributed by atoms with Crippen LogP contribution in [0.1, 0.15) is 25.5 Å². The molecule has 0 aliphatic heterocycles. The molecule has 10 nitrogen and oxygen atoms in total. The van der Waals surface area contributed by atoms with Crippen molar-refractivity contribution in [2.45, 2.75) is 26.4 Å². The van der Waals surface area contributed by atoms with Crippen molar-refractivity contribution < 1.29 is 9.90 Å². The molecule has 0 unspecified atom stereocenters. The molecule has 0 aliphatic rings. The minimum Gasteiger partial charge on any atom is -0.481 e. The van der Waals surface area contributed by atoms with Gasteiger partial charge in [-0.25, -0.2) is 19.1 Å². The summed E-state index contributed by atoms with van der Waals surface area (Å²) in [5.74, 6) is -1.24. The van der Waals surface area contributed by atoms with Gasteiger partial charge < -0.3 is 15.3 Å². The van der Waals surface area contributed by atoms with Gasteiger partial charge in [0.15, 0.2) is 0 Å². The maximum absolute atomic E-state index is 13.6. The number of aromatic nitrogens is 4. The van der Waals surface area contributed by atoms with Crippen LogP contribution in [-0.2, 0) is 11.3 Å². The third kappa shape index (κ3) is 5.49. The number of fused-ring (bicyclic) bond motifs is 1. The normalized spacial score (nSPS) is 12.8. The number of nitrogens with zero attached hydrogens (tertiary/aromatic N) is 5. The minimum atomic E-state index is -1.12. The van der Waals surface area contributed by atoms with E-state index in [2.05, 4.69) is 15.3 Å². The van der Waals surface area contributed by atoms with Crippen LogP contribution < -0.4 is 21.6 Å². The van der Waals surface area contributed by atoms with E-state index in [-0.39, 0.29) is 12.5 Å². The minimum absolute atomic E-state index is 0.0357. The molecule has 2 aromatic heterocycles. The van der Waals surface area contributed by atoms with E-state index in [9.17, 15) is 19.5 Å². The summed E-state index contributed by atoms with van der Waals surface area (Å²) in [5.41, 5.74) is 0.636. The lowest BCUT2D eigenvalue weighted by atomic mass is 10.0. The predicted molar refractivity (Wildman–Crippen MR) is 144 cm³/mol. The van der Waals surface area contributed by atoms with Crippen molar-refractivity contribution >= 4 is 45.9 Å². The number of nitrogens with one attached hydrogen (secondary N) is 1. The first-order valence-electron chi connectivity index (χ1n) is 11.6. The van der Waals surface area contributed by atoms with Crippen LogP contribution >= 0.6 is 11.6 Å². The van der Waals surface area contributed by atoms with E-state index in [0.29, 0.717) is 10.7 Å². The molecule has 0 saturated heterocycles. The number of carboxylic acid groups (broad SMARTS) is 1. The smallest absolute Gasteiger partial charge is 0.355 e. The Balaban J connectivity index is 1.80. The summed E-state index contributed by atoms with van der Waals surface area (Å²) < 4.78 is 2.19. The topological polar surface area (TPSA) is 122 Å². The number of pyridine rings is 1. The van der Waals surface area contributed by atoms with Gasteiger partial charge in [-0.15, -0.1) is 0 Å². The van der Waals surface area contributed by atoms with Gasteiger partial charge in [0.1, 0.15) is 5.82 Å². The lowest BCUT2D eigenvalue weighted by molar-refractivity contribution is -0.142. The van der Waals surface area contributed by atoms with Crippen LogP contribution in [0.25, 0.3) is 10.9 Å². The summed E-state index contributed by atoms with van der Waals surface area (Å²) in [7, 11) is 3.83. The number of aliphatic carboxylic acids is 1. The zero-order valence-corrected chi connectivity index (χ0v) is 21.6. The Bertz CT molecular complexity index is 1580. The second-order valence-electron chi connectivity index (χ2n) is 9.05. The predicted octanol–water partition coefficient (Wildman–Crippen LogP) is 3.75. The van der Waals surface area contributed by atoms with Crippen molar-refractivity contribution in [1.29, 1.82) is 0 Å². The fourth-order valence-electron chi connectivity index (χ4n) is 3.87. The van der Waals surface area contributed by atoms with Crippen LogP contribution in [0.3, 0.4) is 0 Å². The highest BCUT2D eigenvalue weighted by Gasteiger charge is 2.26. The molecule has 2 heterocycles. The first-order chi connectivity index (χ1) is 17.5. The average molecular weight is 523 g/mol. The molecule has 0 aliphatic carbocycles. The third-order valence-corrected chi connectivity index (χ3v) is 6.52. The van der Waals surface area contributed by atoms with E-state index in [4.69, 9.17) is 11.6 Å². The lowest BCUT2D eigenvalue weighted by Crippen LogP contribution is -2.46. The molecule has 192 valence electrons. The number of benzene rings is 2. The van der Waals surface area contributed by atoms with Crippen molar-refractivity contribution in [3.05, 3.63) is 86.2 Å². The standard InChI is InChI=1S/C26H27ClN6O4/c1-15(23(34)35)16(2)33-25(36)30-24(32(26(33)37)14-17-5-8-19(27)9-6-17)28-20-10-11-21-18(13-20)7-12-22(29-21)31(3)4/h5-13,15-16H,14H2,1-4H3,(H,34,35)(H,28,30,36)/t15-,16+/m1/s1. The molecule has 4 aromatic rings. The van der Waals surface area contributed by atoms with Crippen molar-refractivity contribution in [2.24, 2.45) is 5.92 Å². The number of anilines is 3. The van der Waals surface area contributed by atoms with E-state index in [1.54, 1.807) is 30.3 Å². The fraction of sp³-hybridized carbons (Fsp3) is 0.269. The molecule has 0 saturated carbocycles. The Labute approximate surface area is 217 Å². The van der Waals surface area contributed by atoms with Crippen molar-refractivity contribution in [3.8, 4) is 0 Å². The van der Waals surface area contributed by atoms with Crippen LogP contribution in [0.15, 0.2) is 64.2 Å². The Kier molecular flexibility index (Phi) is 7.30. The summed E-state index contributed by atoms with van der Waals surface area (Å²) in [4.78, 5) is 48.7. The highest BCUT2D eigenvalue weighted by Crippen LogP contribution is 2.23. The van der Waals surface area contributed by atoms with Crippen molar-refractivity contribution in [2.75, 3.05) is 24.3 Å². The summed E-state index contributed by atoms with van der Waals surface area (Å²) >= 11 is 6.01. The Morgan fingerprint density at radius 1 is 1.05 bits per heavy atom. The van der Waals surface area contributed by atoms with Crippen LogP contribution in [0.5, 0.6) is 0 Å². The molecule has 2 N–H and O–H groups in total.